The zero-order valence-corrected chi connectivity index (χ0v) is 11.7. The summed E-state index contributed by atoms with van der Waals surface area (Å²) in [5.41, 5.74) is 0.448. The van der Waals surface area contributed by atoms with Gasteiger partial charge in [0, 0.05) is 36.7 Å². The van der Waals surface area contributed by atoms with Gasteiger partial charge in [-0.3, -0.25) is 0 Å². The average Bonchev–Trinajstić information content (AvgIpc) is 2.96. The molecule has 3 rings (SSSR count). The molecule has 0 spiro atoms. The summed E-state index contributed by atoms with van der Waals surface area (Å²) in [6.07, 6.45) is 7.45. The Balaban J connectivity index is 1.93. The Morgan fingerprint density at radius 3 is 2.67 bits per heavy atom. The highest BCUT2D eigenvalue weighted by Gasteiger charge is 2.24. The molecule has 0 bridgehead atoms. The van der Waals surface area contributed by atoms with Crippen LogP contribution in [0.1, 0.15) is 31.7 Å². The molecule has 2 aromatic rings. The fourth-order valence-corrected chi connectivity index (χ4v) is 3.20. The molecule has 112 valence electrons. The van der Waals surface area contributed by atoms with Gasteiger partial charge in [-0.25, -0.2) is 13.8 Å². The number of nitrogens with zero attached hydrogens (tertiary/aromatic N) is 2. The Kier molecular flexibility index (Phi) is 4.01. The highest BCUT2D eigenvalue weighted by molar-refractivity contribution is 5.56. The van der Waals surface area contributed by atoms with E-state index in [0.29, 0.717) is 17.3 Å². The summed E-state index contributed by atoms with van der Waals surface area (Å²) in [6.45, 7) is 0.190. The van der Waals surface area contributed by atoms with Crippen LogP contribution in [-0.4, -0.2) is 21.3 Å². The third kappa shape index (κ3) is 2.97. The highest BCUT2D eigenvalue weighted by Crippen LogP contribution is 2.35. The molecule has 1 heterocycles. The van der Waals surface area contributed by atoms with Gasteiger partial charge in [0.2, 0.25) is 0 Å². The fraction of sp³-hybridized carbons (Fsp3) is 0.438. The Morgan fingerprint density at radius 1 is 1.19 bits per heavy atom. The second kappa shape index (κ2) is 5.93. The molecule has 5 heteroatoms. The Hall–Kier alpha value is -1.75. The normalized spacial score (nSPS) is 22.4. The van der Waals surface area contributed by atoms with Gasteiger partial charge in [-0.2, -0.15) is 0 Å². The molecule has 0 amide bonds. The summed E-state index contributed by atoms with van der Waals surface area (Å²) in [4.78, 5) is 4.26. The molecular weight excluding hydrogens is 274 g/mol. The monoisotopic (exact) mass is 292 g/mol. The molecule has 1 fully saturated rings. The van der Waals surface area contributed by atoms with Crippen LogP contribution in [0.4, 0.5) is 8.78 Å². The molecule has 1 aromatic heterocycles. The van der Waals surface area contributed by atoms with Gasteiger partial charge in [0.15, 0.2) is 0 Å². The van der Waals surface area contributed by atoms with E-state index in [2.05, 4.69) is 4.98 Å². The number of hydrogen-bond acceptors (Lipinski definition) is 2. The molecule has 0 aliphatic heterocycles. The number of halogens is 2. The minimum atomic E-state index is -0.601. The maximum Gasteiger partial charge on any atom is 0.140 e. The van der Waals surface area contributed by atoms with Crippen molar-refractivity contribution in [3.05, 3.63) is 42.2 Å². The number of benzene rings is 1. The first-order valence-corrected chi connectivity index (χ1v) is 7.27. The van der Waals surface area contributed by atoms with Gasteiger partial charge in [0.1, 0.15) is 17.5 Å². The summed E-state index contributed by atoms with van der Waals surface area (Å²) in [5.74, 6) is -0.326. The van der Waals surface area contributed by atoms with Crippen LogP contribution in [-0.2, 0) is 0 Å². The fourth-order valence-electron chi connectivity index (χ4n) is 3.20. The van der Waals surface area contributed by atoms with Crippen molar-refractivity contribution in [2.45, 2.75) is 31.7 Å². The van der Waals surface area contributed by atoms with Crippen LogP contribution in [0.3, 0.4) is 0 Å². The van der Waals surface area contributed by atoms with E-state index >= 15 is 0 Å². The van der Waals surface area contributed by atoms with Crippen molar-refractivity contribution < 1.29 is 13.9 Å². The number of aliphatic hydroxyl groups excluding tert-OH is 1. The summed E-state index contributed by atoms with van der Waals surface area (Å²) in [6, 6.07) is 3.68. The second-order valence-electron chi connectivity index (χ2n) is 5.69. The molecule has 1 aromatic carbocycles. The van der Waals surface area contributed by atoms with E-state index < -0.39 is 11.6 Å². The third-order valence-corrected chi connectivity index (χ3v) is 4.20. The summed E-state index contributed by atoms with van der Waals surface area (Å²) in [7, 11) is 0. The molecule has 0 radical (unpaired) electrons. The van der Waals surface area contributed by atoms with Crippen LogP contribution in [0, 0.1) is 17.6 Å². The minimum Gasteiger partial charge on any atom is -0.396 e. The minimum absolute atomic E-state index is 0.190. The number of imidazole rings is 1. The second-order valence-corrected chi connectivity index (χ2v) is 5.69. The van der Waals surface area contributed by atoms with E-state index in [4.69, 9.17) is 0 Å². The molecule has 0 unspecified atom stereocenters. The number of rotatable bonds is 3. The SMILES string of the molecule is OC[C@H]1CCC[C@@H](n2ccnc2-c2cc(F)cc(F)c2)C1. The van der Waals surface area contributed by atoms with E-state index in [9.17, 15) is 13.9 Å². The zero-order valence-electron chi connectivity index (χ0n) is 11.7. The molecule has 1 N–H and O–H groups in total. The molecular formula is C16H18F2N2O. The van der Waals surface area contributed by atoms with Crippen molar-refractivity contribution in [1.29, 1.82) is 0 Å². The quantitative estimate of drug-likeness (QED) is 0.939. The van der Waals surface area contributed by atoms with Crippen LogP contribution in [0.2, 0.25) is 0 Å². The largest absolute Gasteiger partial charge is 0.396 e. The molecule has 1 saturated carbocycles. The summed E-state index contributed by atoms with van der Waals surface area (Å²) in [5, 5.41) is 9.34. The topological polar surface area (TPSA) is 38.0 Å². The van der Waals surface area contributed by atoms with Gasteiger partial charge in [0.05, 0.1) is 0 Å². The maximum absolute atomic E-state index is 13.4. The molecule has 2 atom stereocenters. The van der Waals surface area contributed by atoms with Crippen LogP contribution in [0.15, 0.2) is 30.6 Å². The lowest BCUT2D eigenvalue weighted by Gasteiger charge is -2.30. The Bertz CT molecular complexity index is 606. The van der Waals surface area contributed by atoms with Gasteiger partial charge in [-0.05, 0) is 37.3 Å². The predicted octanol–water partition coefficient (Wildman–Crippen LogP) is 3.55. The van der Waals surface area contributed by atoms with E-state index in [1.807, 2.05) is 10.8 Å². The van der Waals surface area contributed by atoms with Crippen LogP contribution in [0.5, 0.6) is 0 Å². The van der Waals surface area contributed by atoms with Crippen molar-refractivity contribution in [2.24, 2.45) is 5.92 Å². The van der Waals surface area contributed by atoms with Gasteiger partial charge in [-0.1, -0.05) is 6.42 Å². The van der Waals surface area contributed by atoms with Gasteiger partial charge >= 0.3 is 0 Å². The summed E-state index contributed by atoms with van der Waals surface area (Å²) >= 11 is 0. The van der Waals surface area contributed by atoms with E-state index in [1.54, 1.807) is 6.20 Å². The van der Waals surface area contributed by atoms with Crippen LogP contribution < -0.4 is 0 Å². The molecule has 0 saturated heterocycles. The van der Waals surface area contributed by atoms with E-state index in [-0.39, 0.29) is 12.6 Å². The number of aliphatic hydroxyl groups is 1. The van der Waals surface area contributed by atoms with Crippen LogP contribution in [0.25, 0.3) is 11.4 Å². The molecule has 21 heavy (non-hydrogen) atoms. The third-order valence-electron chi connectivity index (χ3n) is 4.20. The smallest absolute Gasteiger partial charge is 0.140 e. The predicted molar refractivity (Wildman–Crippen MR) is 75.7 cm³/mol. The molecule has 1 aliphatic rings. The summed E-state index contributed by atoms with van der Waals surface area (Å²) < 4.78 is 28.8. The number of aromatic nitrogens is 2. The van der Waals surface area contributed by atoms with Crippen molar-refractivity contribution in [1.82, 2.24) is 9.55 Å². The Labute approximate surface area is 122 Å². The van der Waals surface area contributed by atoms with Gasteiger partial charge in [-0.15, -0.1) is 0 Å². The van der Waals surface area contributed by atoms with Gasteiger partial charge < -0.3 is 9.67 Å². The number of hydrogen-bond donors (Lipinski definition) is 1. The molecule has 3 nitrogen and oxygen atoms in total. The zero-order chi connectivity index (χ0) is 14.8. The molecule has 1 aliphatic carbocycles. The van der Waals surface area contributed by atoms with E-state index in [1.165, 1.54) is 12.1 Å². The average molecular weight is 292 g/mol. The Morgan fingerprint density at radius 2 is 1.95 bits per heavy atom. The van der Waals surface area contributed by atoms with Crippen molar-refractivity contribution in [3.8, 4) is 11.4 Å². The lowest BCUT2D eigenvalue weighted by Crippen LogP contribution is -2.21. The van der Waals surface area contributed by atoms with Crippen LogP contribution >= 0.6 is 0 Å². The standard InChI is InChI=1S/C16H18F2N2O/c17-13-7-12(8-14(18)9-13)16-19-4-5-20(16)15-3-1-2-11(6-15)10-21/h4-5,7-9,11,15,21H,1-3,6,10H2/t11-,15+/m0/s1. The van der Waals surface area contributed by atoms with Crippen molar-refractivity contribution >= 4 is 0 Å². The highest BCUT2D eigenvalue weighted by atomic mass is 19.1. The van der Waals surface area contributed by atoms with Gasteiger partial charge in [0.25, 0.3) is 0 Å². The first-order chi connectivity index (χ1) is 10.2. The van der Waals surface area contributed by atoms with E-state index in [0.717, 1.165) is 31.7 Å². The first kappa shape index (κ1) is 14.2. The first-order valence-electron chi connectivity index (χ1n) is 7.27. The van der Waals surface area contributed by atoms with Crippen molar-refractivity contribution in [3.63, 3.8) is 0 Å². The lowest BCUT2D eigenvalue weighted by molar-refractivity contribution is 0.163. The maximum atomic E-state index is 13.4. The lowest BCUT2D eigenvalue weighted by atomic mass is 9.86. The van der Waals surface area contributed by atoms with Crippen molar-refractivity contribution in [2.75, 3.05) is 6.61 Å².